The van der Waals surface area contributed by atoms with E-state index in [0.29, 0.717) is 16.8 Å². The Morgan fingerprint density at radius 3 is 3.19 bits per heavy atom. The summed E-state index contributed by atoms with van der Waals surface area (Å²) in [6.45, 7) is 0. The fourth-order valence-electron chi connectivity index (χ4n) is 1.74. The lowest BCUT2D eigenvalue weighted by atomic mass is 10.2. The summed E-state index contributed by atoms with van der Waals surface area (Å²) in [6, 6.07) is 5.42. The van der Waals surface area contributed by atoms with E-state index in [9.17, 15) is 4.79 Å². The van der Waals surface area contributed by atoms with E-state index in [1.54, 1.807) is 6.07 Å². The second-order valence-corrected chi connectivity index (χ2v) is 3.40. The number of nitrogens with one attached hydrogen (secondary N) is 1. The number of hydrogen-bond donors (Lipinski definition) is 1. The number of aromatic nitrogens is 2. The first-order valence-corrected chi connectivity index (χ1v) is 4.73. The number of oxazole rings is 1. The van der Waals surface area contributed by atoms with Crippen molar-refractivity contribution in [2.24, 2.45) is 0 Å². The molecular formula is C11H8N2O3. The second-order valence-electron chi connectivity index (χ2n) is 3.40. The maximum Gasteiger partial charge on any atom is 0.354 e. The zero-order chi connectivity index (χ0) is 11.1. The lowest BCUT2D eigenvalue weighted by Crippen LogP contribution is -2.00. The highest BCUT2D eigenvalue weighted by Gasteiger charge is 2.12. The summed E-state index contributed by atoms with van der Waals surface area (Å²) in [6.07, 6.45) is 1.38. The molecule has 2 heterocycles. The Labute approximate surface area is 90.0 Å². The summed E-state index contributed by atoms with van der Waals surface area (Å²) in [5, 5.41) is 0.904. The predicted octanol–water partition coefficient (Wildman–Crippen LogP) is 2.10. The van der Waals surface area contributed by atoms with Crippen molar-refractivity contribution in [1.29, 1.82) is 0 Å². The van der Waals surface area contributed by atoms with Gasteiger partial charge in [0.15, 0.2) is 12.0 Å². The van der Waals surface area contributed by atoms with E-state index in [0.717, 1.165) is 10.9 Å². The molecule has 80 valence electrons. The number of methoxy groups -OCH3 is 1. The van der Waals surface area contributed by atoms with E-state index in [2.05, 4.69) is 14.7 Å². The number of carbonyl (C=O) groups excluding carboxylic acids is 1. The van der Waals surface area contributed by atoms with Crippen LogP contribution in [0.5, 0.6) is 0 Å². The molecule has 1 aromatic carbocycles. The quantitative estimate of drug-likeness (QED) is 0.632. The molecule has 0 bridgehead atoms. The number of H-pyrrole nitrogens is 1. The molecule has 0 atom stereocenters. The van der Waals surface area contributed by atoms with E-state index >= 15 is 0 Å². The van der Waals surface area contributed by atoms with Crippen molar-refractivity contribution in [1.82, 2.24) is 9.97 Å². The van der Waals surface area contributed by atoms with Crippen LogP contribution in [0.1, 0.15) is 10.5 Å². The fraction of sp³-hybridized carbons (Fsp3) is 0.0909. The highest BCUT2D eigenvalue weighted by Crippen LogP contribution is 2.24. The third kappa shape index (κ3) is 1.11. The average Bonchev–Trinajstić information content (AvgIpc) is 2.92. The number of rotatable bonds is 1. The molecule has 3 aromatic rings. The minimum Gasteiger partial charge on any atom is -0.464 e. The van der Waals surface area contributed by atoms with E-state index in [1.165, 1.54) is 13.5 Å². The molecule has 0 unspecified atom stereocenters. The molecule has 16 heavy (non-hydrogen) atoms. The number of fused-ring (bicyclic) bond motifs is 3. The predicted molar refractivity (Wildman–Crippen MR) is 57.2 cm³/mol. The molecule has 5 heteroatoms. The van der Waals surface area contributed by atoms with Gasteiger partial charge >= 0.3 is 5.97 Å². The van der Waals surface area contributed by atoms with Gasteiger partial charge in [0, 0.05) is 5.39 Å². The number of esters is 1. The Hall–Kier alpha value is -2.30. The minimum absolute atomic E-state index is 0.396. The SMILES string of the molecule is COC(=O)c1cc2ccc3ocnc3c2[nH]1. The first kappa shape index (κ1) is 8.96. The average molecular weight is 216 g/mol. The second kappa shape index (κ2) is 3.10. The van der Waals surface area contributed by atoms with Crippen LogP contribution < -0.4 is 0 Å². The summed E-state index contributed by atoms with van der Waals surface area (Å²) >= 11 is 0. The molecule has 0 fully saturated rings. The topological polar surface area (TPSA) is 68.1 Å². The normalized spacial score (nSPS) is 11.1. The van der Waals surface area contributed by atoms with Crippen LogP contribution in [-0.4, -0.2) is 23.0 Å². The van der Waals surface area contributed by atoms with Gasteiger partial charge in [0.1, 0.15) is 11.2 Å². The van der Waals surface area contributed by atoms with Crippen molar-refractivity contribution >= 4 is 28.0 Å². The molecule has 5 nitrogen and oxygen atoms in total. The number of carbonyl (C=O) groups is 1. The maximum atomic E-state index is 11.4. The largest absolute Gasteiger partial charge is 0.464 e. The number of hydrogen-bond acceptors (Lipinski definition) is 4. The molecule has 0 saturated heterocycles. The van der Waals surface area contributed by atoms with Crippen molar-refractivity contribution < 1.29 is 13.9 Å². The first-order valence-electron chi connectivity index (χ1n) is 4.73. The van der Waals surface area contributed by atoms with E-state index < -0.39 is 5.97 Å². The standard InChI is InChI=1S/C11H8N2O3/c1-15-11(14)7-4-6-2-3-8-10(9(6)13-7)12-5-16-8/h2-5,13H,1H3. The maximum absolute atomic E-state index is 11.4. The summed E-state index contributed by atoms with van der Waals surface area (Å²) in [7, 11) is 1.35. The van der Waals surface area contributed by atoms with Gasteiger partial charge < -0.3 is 14.1 Å². The van der Waals surface area contributed by atoms with E-state index in [1.807, 2.05) is 12.1 Å². The van der Waals surface area contributed by atoms with Gasteiger partial charge in [-0.1, -0.05) is 0 Å². The van der Waals surface area contributed by atoms with Gasteiger partial charge in [-0.15, -0.1) is 0 Å². The Bertz CT molecular complexity index is 681. The van der Waals surface area contributed by atoms with Crippen LogP contribution in [0.4, 0.5) is 0 Å². The van der Waals surface area contributed by atoms with Crippen LogP contribution in [0.15, 0.2) is 29.0 Å². The summed E-state index contributed by atoms with van der Waals surface area (Å²) in [5.41, 5.74) is 2.60. The van der Waals surface area contributed by atoms with Crippen molar-refractivity contribution in [2.45, 2.75) is 0 Å². The Morgan fingerprint density at radius 1 is 1.50 bits per heavy atom. The zero-order valence-electron chi connectivity index (χ0n) is 8.48. The molecule has 0 aliphatic heterocycles. The Balaban J connectivity index is 2.34. The number of nitrogens with zero attached hydrogens (tertiary/aromatic N) is 1. The summed E-state index contributed by atoms with van der Waals surface area (Å²) in [5.74, 6) is -0.396. The van der Waals surface area contributed by atoms with Crippen molar-refractivity contribution in [3.8, 4) is 0 Å². The molecule has 0 amide bonds. The Morgan fingerprint density at radius 2 is 2.38 bits per heavy atom. The lowest BCUT2D eigenvalue weighted by Gasteiger charge is -1.92. The lowest BCUT2D eigenvalue weighted by molar-refractivity contribution is 0.0595. The van der Waals surface area contributed by atoms with Crippen molar-refractivity contribution in [3.05, 3.63) is 30.3 Å². The smallest absolute Gasteiger partial charge is 0.354 e. The number of benzene rings is 1. The molecule has 2 aromatic heterocycles. The molecule has 0 aliphatic rings. The third-order valence-corrected chi connectivity index (χ3v) is 2.50. The monoisotopic (exact) mass is 216 g/mol. The van der Waals surface area contributed by atoms with Crippen LogP contribution in [0.25, 0.3) is 22.0 Å². The van der Waals surface area contributed by atoms with Crippen LogP contribution in [0.3, 0.4) is 0 Å². The first-order chi connectivity index (χ1) is 7.79. The Kier molecular flexibility index (Phi) is 1.73. The van der Waals surface area contributed by atoms with Gasteiger partial charge in [-0.3, -0.25) is 0 Å². The van der Waals surface area contributed by atoms with Gasteiger partial charge in [-0.2, -0.15) is 0 Å². The fourth-order valence-corrected chi connectivity index (χ4v) is 1.74. The van der Waals surface area contributed by atoms with Crippen LogP contribution in [0.2, 0.25) is 0 Å². The summed E-state index contributed by atoms with van der Waals surface area (Å²) < 4.78 is 9.82. The van der Waals surface area contributed by atoms with Crippen LogP contribution in [0, 0.1) is 0 Å². The molecule has 0 spiro atoms. The van der Waals surface area contributed by atoms with Gasteiger partial charge in [-0.05, 0) is 18.2 Å². The zero-order valence-corrected chi connectivity index (χ0v) is 8.48. The van der Waals surface area contributed by atoms with Gasteiger partial charge in [0.2, 0.25) is 0 Å². The molecule has 3 rings (SSSR count). The molecule has 0 aliphatic carbocycles. The van der Waals surface area contributed by atoms with E-state index in [4.69, 9.17) is 4.42 Å². The number of ether oxygens (including phenoxy) is 1. The molecule has 1 N–H and O–H groups in total. The van der Waals surface area contributed by atoms with Gasteiger partial charge in [0.05, 0.1) is 12.6 Å². The van der Waals surface area contributed by atoms with Crippen LogP contribution >= 0.6 is 0 Å². The number of aromatic amines is 1. The summed E-state index contributed by atoms with van der Waals surface area (Å²) in [4.78, 5) is 18.4. The van der Waals surface area contributed by atoms with Crippen molar-refractivity contribution in [2.75, 3.05) is 7.11 Å². The van der Waals surface area contributed by atoms with Crippen molar-refractivity contribution in [3.63, 3.8) is 0 Å². The van der Waals surface area contributed by atoms with Crippen LogP contribution in [-0.2, 0) is 4.74 Å². The van der Waals surface area contributed by atoms with Gasteiger partial charge in [0.25, 0.3) is 0 Å². The minimum atomic E-state index is -0.396. The third-order valence-electron chi connectivity index (χ3n) is 2.50. The molecule has 0 radical (unpaired) electrons. The van der Waals surface area contributed by atoms with Gasteiger partial charge in [-0.25, -0.2) is 9.78 Å². The molecular weight excluding hydrogens is 208 g/mol. The van der Waals surface area contributed by atoms with E-state index in [-0.39, 0.29) is 0 Å². The highest BCUT2D eigenvalue weighted by atomic mass is 16.5. The molecule has 0 saturated carbocycles. The highest BCUT2D eigenvalue weighted by molar-refractivity contribution is 6.04.